The van der Waals surface area contributed by atoms with E-state index in [0.717, 1.165) is 92.4 Å². The van der Waals surface area contributed by atoms with Gasteiger partial charge in [0, 0.05) is 74.0 Å². The van der Waals surface area contributed by atoms with E-state index in [-0.39, 0.29) is 0 Å². The Bertz CT molecular complexity index is 1550. The van der Waals surface area contributed by atoms with E-state index in [2.05, 4.69) is 131 Å². The van der Waals surface area contributed by atoms with Crippen molar-refractivity contribution in [2.45, 2.75) is 94.9 Å². The molecule has 10 nitrogen and oxygen atoms in total. The van der Waals surface area contributed by atoms with Gasteiger partial charge in [0.2, 0.25) is 0 Å². The summed E-state index contributed by atoms with van der Waals surface area (Å²) in [5, 5.41) is 18.4. The Labute approximate surface area is 323 Å². The Morgan fingerprint density at radius 1 is 0.558 bits per heavy atom. The van der Waals surface area contributed by atoms with Gasteiger partial charge in [-0.15, -0.1) is 0 Å². The predicted octanol–water partition coefficient (Wildman–Crippen LogP) is 7.14. The SMILES string of the molecule is CCc1cc(N(CC)CC)ncc1B(O)O.CCc1cc(N(CC)CC)ncc1Br.CCc1ccnc(N(CC)CC)c1.CCc1ccnc(N)c1. The van der Waals surface area contributed by atoms with Crippen LogP contribution in [0.2, 0.25) is 0 Å². The molecule has 4 N–H and O–H groups in total. The highest BCUT2D eigenvalue weighted by Crippen LogP contribution is 2.21. The molecule has 4 heterocycles. The van der Waals surface area contributed by atoms with Gasteiger partial charge in [-0.3, -0.25) is 0 Å². The van der Waals surface area contributed by atoms with Gasteiger partial charge < -0.3 is 30.5 Å². The van der Waals surface area contributed by atoms with Crippen molar-refractivity contribution in [2.75, 3.05) is 59.7 Å². The molecule has 0 aliphatic rings. The van der Waals surface area contributed by atoms with E-state index in [4.69, 9.17) is 5.73 Å². The first-order valence-corrected chi connectivity index (χ1v) is 19.7. The first-order chi connectivity index (χ1) is 25.0. The van der Waals surface area contributed by atoms with Gasteiger partial charge in [-0.05, 0) is 142 Å². The second-order valence-electron chi connectivity index (χ2n) is 11.8. The normalized spacial score (nSPS) is 10.1. The molecule has 0 radical (unpaired) electrons. The summed E-state index contributed by atoms with van der Waals surface area (Å²) in [6.07, 6.45) is 11.0. The summed E-state index contributed by atoms with van der Waals surface area (Å²) in [6.45, 7) is 27.0. The summed E-state index contributed by atoms with van der Waals surface area (Å²) in [5.41, 5.74) is 10.8. The highest BCUT2D eigenvalue weighted by molar-refractivity contribution is 9.10. The number of aryl methyl sites for hydroxylation is 4. The molecule has 0 fully saturated rings. The number of pyridine rings is 4. The molecule has 52 heavy (non-hydrogen) atoms. The first kappa shape index (κ1) is 46.3. The van der Waals surface area contributed by atoms with E-state index in [1.807, 2.05) is 37.5 Å². The molecule has 0 bridgehead atoms. The van der Waals surface area contributed by atoms with Crippen molar-refractivity contribution in [3.63, 3.8) is 0 Å². The zero-order chi connectivity index (χ0) is 39.1. The first-order valence-electron chi connectivity index (χ1n) is 18.9. The lowest BCUT2D eigenvalue weighted by molar-refractivity contribution is 0.425. The van der Waals surface area contributed by atoms with Crippen LogP contribution in [-0.4, -0.2) is 76.4 Å². The fraction of sp³-hybridized carbons (Fsp3) is 0.500. The van der Waals surface area contributed by atoms with Crippen molar-refractivity contribution in [3.8, 4) is 0 Å². The Hall–Kier alpha value is -3.74. The minimum atomic E-state index is -1.44. The summed E-state index contributed by atoms with van der Waals surface area (Å²) >= 11 is 3.50. The van der Waals surface area contributed by atoms with Crippen LogP contribution >= 0.6 is 15.9 Å². The van der Waals surface area contributed by atoms with Crippen LogP contribution in [0.4, 0.5) is 23.3 Å². The molecule has 0 saturated carbocycles. The van der Waals surface area contributed by atoms with Crippen LogP contribution in [0.1, 0.15) is 91.5 Å². The number of nitrogens with two attached hydrogens (primary N) is 1. The molecule has 0 atom stereocenters. The van der Waals surface area contributed by atoms with Crippen molar-refractivity contribution < 1.29 is 10.0 Å². The minimum absolute atomic E-state index is 0.499. The summed E-state index contributed by atoms with van der Waals surface area (Å²) in [7, 11) is -1.44. The van der Waals surface area contributed by atoms with Crippen molar-refractivity contribution in [1.82, 2.24) is 19.9 Å². The Morgan fingerprint density at radius 3 is 1.38 bits per heavy atom. The molecular weight excluding hydrogens is 715 g/mol. The molecule has 0 unspecified atom stereocenters. The zero-order valence-electron chi connectivity index (χ0n) is 33.4. The van der Waals surface area contributed by atoms with Gasteiger partial charge in [-0.2, -0.15) is 0 Å². The Morgan fingerprint density at radius 2 is 0.981 bits per heavy atom. The second-order valence-corrected chi connectivity index (χ2v) is 12.6. The fourth-order valence-electron chi connectivity index (χ4n) is 5.33. The van der Waals surface area contributed by atoms with Gasteiger partial charge in [0.15, 0.2) is 0 Å². The van der Waals surface area contributed by atoms with Gasteiger partial charge in [0.1, 0.15) is 23.3 Å². The number of nitrogen functional groups attached to an aromatic ring is 1. The van der Waals surface area contributed by atoms with E-state index < -0.39 is 7.12 Å². The van der Waals surface area contributed by atoms with Crippen LogP contribution in [0, 0.1) is 0 Å². The topological polar surface area (TPSA) is 128 Å². The summed E-state index contributed by atoms with van der Waals surface area (Å²) in [5.74, 6) is 3.68. The molecule has 0 aromatic carbocycles. The van der Waals surface area contributed by atoms with E-state index in [1.165, 1.54) is 16.7 Å². The average molecular weight is 780 g/mol. The van der Waals surface area contributed by atoms with Gasteiger partial charge in [0.25, 0.3) is 0 Å². The monoisotopic (exact) mass is 778 g/mol. The predicted molar refractivity (Wildman–Crippen MR) is 227 cm³/mol. The molecule has 286 valence electrons. The number of hydrogen-bond acceptors (Lipinski definition) is 10. The summed E-state index contributed by atoms with van der Waals surface area (Å²) in [6, 6.07) is 12.2. The second kappa shape index (κ2) is 26.1. The highest BCUT2D eigenvalue weighted by atomic mass is 79.9. The standard InChI is InChI=1S/C11H19BN2O2.C11H17BrN2.C11H18N2.C7H10N2/c1-4-9-7-11(14(5-2)6-3)13-8-10(9)12(15)16;1-4-9-7-11(13-8-10(9)12)14(5-2)6-3;1-4-10-7-8-12-11(9-10)13(5-2)6-3;1-2-6-3-4-9-7(8)5-6/h7-8,15-16H,4-6H2,1-3H3;7-8H,4-6H2,1-3H3;7-9H,4-6H2,1-3H3;3-5H,2H2,1H3,(H2,8,9). The van der Waals surface area contributed by atoms with Gasteiger partial charge in [-0.25, -0.2) is 19.9 Å². The molecule has 4 aromatic rings. The van der Waals surface area contributed by atoms with Crippen LogP contribution in [0.15, 0.2) is 65.7 Å². The molecule has 4 aromatic heterocycles. The maximum atomic E-state index is 9.18. The van der Waals surface area contributed by atoms with E-state index in [1.54, 1.807) is 12.4 Å². The number of hydrogen-bond donors (Lipinski definition) is 3. The molecule has 0 spiro atoms. The van der Waals surface area contributed by atoms with Crippen molar-refractivity contribution in [2.24, 2.45) is 0 Å². The van der Waals surface area contributed by atoms with Crippen LogP contribution in [0.3, 0.4) is 0 Å². The van der Waals surface area contributed by atoms with Crippen molar-refractivity contribution in [3.05, 3.63) is 87.9 Å². The summed E-state index contributed by atoms with van der Waals surface area (Å²) < 4.78 is 1.11. The number of halogens is 1. The maximum Gasteiger partial charge on any atom is 0.490 e. The van der Waals surface area contributed by atoms with Crippen LogP contribution in [-0.2, 0) is 25.7 Å². The van der Waals surface area contributed by atoms with E-state index >= 15 is 0 Å². The highest BCUT2D eigenvalue weighted by Gasteiger charge is 2.17. The molecular formula is C40H64BBrN8O2. The Balaban J connectivity index is 0.000000352. The Kier molecular flexibility index (Phi) is 23.2. The number of rotatable bonds is 14. The molecule has 12 heteroatoms. The lowest BCUT2D eigenvalue weighted by Crippen LogP contribution is -2.34. The third-order valence-corrected chi connectivity index (χ3v) is 9.42. The van der Waals surface area contributed by atoms with Crippen molar-refractivity contribution in [1.29, 1.82) is 0 Å². The molecule has 0 aliphatic heterocycles. The largest absolute Gasteiger partial charge is 0.490 e. The molecule has 0 saturated heterocycles. The lowest BCUT2D eigenvalue weighted by Gasteiger charge is -2.21. The quantitative estimate of drug-likeness (QED) is 0.114. The van der Waals surface area contributed by atoms with Crippen LogP contribution in [0.5, 0.6) is 0 Å². The van der Waals surface area contributed by atoms with Crippen LogP contribution < -0.4 is 25.9 Å². The van der Waals surface area contributed by atoms with Gasteiger partial charge >= 0.3 is 7.12 Å². The van der Waals surface area contributed by atoms with E-state index in [0.29, 0.717) is 11.3 Å². The number of anilines is 4. The lowest BCUT2D eigenvalue weighted by atomic mass is 9.77. The van der Waals surface area contributed by atoms with Gasteiger partial charge in [0.05, 0.1) is 0 Å². The maximum absolute atomic E-state index is 9.18. The molecule has 4 rings (SSSR count). The number of nitrogens with zero attached hydrogens (tertiary/aromatic N) is 7. The van der Waals surface area contributed by atoms with Crippen LogP contribution in [0.25, 0.3) is 0 Å². The van der Waals surface area contributed by atoms with Crippen molar-refractivity contribution >= 4 is 51.8 Å². The molecule has 0 aliphatic carbocycles. The third kappa shape index (κ3) is 15.5. The third-order valence-electron chi connectivity index (χ3n) is 8.70. The smallest absolute Gasteiger partial charge is 0.423 e. The molecule has 0 amide bonds. The minimum Gasteiger partial charge on any atom is -0.423 e. The average Bonchev–Trinajstić information content (AvgIpc) is 3.17. The zero-order valence-corrected chi connectivity index (χ0v) is 35.0. The van der Waals surface area contributed by atoms with Gasteiger partial charge in [-0.1, -0.05) is 27.7 Å². The fourth-order valence-corrected chi connectivity index (χ4v) is 5.83. The summed E-state index contributed by atoms with van der Waals surface area (Å²) in [4.78, 5) is 23.5. The number of aromatic nitrogens is 4. The van der Waals surface area contributed by atoms with E-state index in [9.17, 15) is 10.0 Å².